The lowest BCUT2D eigenvalue weighted by Crippen LogP contribution is -2.26. The summed E-state index contributed by atoms with van der Waals surface area (Å²) in [4.78, 5) is 16.2. The molecule has 0 saturated heterocycles. The highest BCUT2D eigenvalue weighted by atomic mass is 32.1. The molecule has 0 aliphatic heterocycles. The highest BCUT2D eigenvalue weighted by molar-refractivity contribution is 7.14. The van der Waals surface area contributed by atoms with Crippen LogP contribution in [-0.2, 0) is 11.2 Å². The van der Waals surface area contributed by atoms with Crippen molar-refractivity contribution in [2.75, 3.05) is 11.9 Å². The van der Waals surface area contributed by atoms with E-state index in [1.165, 1.54) is 16.9 Å². The molecule has 0 aliphatic carbocycles. The van der Waals surface area contributed by atoms with Crippen LogP contribution in [0, 0.1) is 5.92 Å². The van der Waals surface area contributed by atoms with Crippen molar-refractivity contribution >= 4 is 22.4 Å². The Labute approximate surface area is 123 Å². The number of hydrogen-bond acceptors (Lipinski definition) is 4. The van der Waals surface area contributed by atoms with E-state index in [1.807, 2.05) is 5.38 Å². The van der Waals surface area contributed by atoms with Crippen molar-refractivity contribution in [2.24, 2.45) is 11.7 Å². The first-order valence-electron chi connectivity index (χ1n) is 6.69. The predicted molar refractivity (Wildman–Crippen MR) is 83.8 cm³/mol. The van der Waals surface area contributed by atoms with E-state index in [4.69, 9.17) is 5.73 Å². The Morgan fingerprint density at radius 2 is 2.10 bits per heavy atom. The van der Waals surface area contributed by atoms with Crippen LogP contribution in [0.3, 0.4) is 0 Å². The average molecular weight is 289 g/mol. The van der Waals surface area contributed by atoms with E-state index in [1.54, 1.807) is 6.92 Å². The number of hydrogen-bond donors (Lipinski definition) is 2. The molecule has 1 aromatic carbocycles. The number of amides is 1. The molecule has 1 heterocycles. The number of anilines is 1. The van der Waals surface area contributed by atoms with Gasteiger partial charge in [-0.1, -0.05) is 38.1 Å². The van der Waals surface area contributed by atoms with Crippen molar-refractivity contribution in [3.63, 3.8) is 0 Å². The zero-order valence-corrected chi connectivity index (χ0v) is 12.5. The molecule has 1 unspecified atom stereocenters. The maximum Gasteiger partial charge on any atom is 0.230 e. The summed E-state index contributed by atoms with van der Waals surface area (Å²) in [6.45, 7) is 4.26. The van der Waals surface area contributed by atoms with Gasteiger partial charge < -0.3 is 11.1 Å². The average Bonchev–Trinajstić information content (AvgIpc) is 2.94. The highest BCUT2D eigenvalue weighted by Crippen LogP contribution is 2.25. The summed E-state index contributed by atoms with van der Waals surface area (Å²) in [6, 6.07) is 8.32. The lowest BCUT2D eigenvalue weighted by atomic mass is 10.1. The van der Waals surface area contributed by atoms with Crippen LogP contribution < -0.4 is 11.1 Å². The van der Waals surface area contributed by atoms with Crippen molar-refractivity contribution in [2.45, 2.75) is 20.3 Å². The molecule has 5 heteroatoms. The number of aromatic nitrogens is 1. The standard InChI is InChI=1S/C15H19N3OS/c1-3-11-4-6-12(7-5-11)13-9-20-15(17-13)18-14(19)10(2)8-16/h4-7,9-10H,3,8,16H2,1-2H3,(H,17,18,19). The first kappa shape index (κ1) is 14.7. The minimum absolute atomic E-state index is 0.0882. The van der Waals surface area contributed by atoms with Gasteiger partial charge in [-0.2, -0.15) is 0 Å². The lowest BCUT2D eigenvalue weighted by molar-refractivity contribution is -0.119. The molecule has 2 rings (SSSR count). The summed E-state index contributed by atoms with van der Waals surface area (Å²) in [5.41, 5.74) is 8.72. The van der Waals surface area contributed by atoms with E-state index in [0.29, 0.717) is 11.7 Å². The van der Waals surface area contributed by atoms with Gasteiger partial charge in [0.2, 0.25) is 5.91 Å². The van der Waals surface area contributed by atoms with Crippen molar-refractivity contribution < 1.29 is 4.79 Å². The molecule has 0 bridgehead atoms. The van der Waals surface area contributed by atoms with Crippen molar-refractivity contribution in [1.82, 2.24) is 4.98 Å². The van der Waals surface area contributed by atoms with Crippen molar-refractivity contribution in [1.29, 1.82) is 0 Å². The Morgan fingerprint density at radius 3 is 2.70 bits per heavy atom. The Morgan fingerprint density at radius 1 is 1.40 bits per heavy atom. The van der Waals surface area contributed by atoms with Crippen LogP contribution in [0.25, 0.3) is 11.3 Å². The molecule has 3 N–H and O–H groups in total. The highest BCUT2D eigenvalue weighted by Gasteiger charge is 2.13. The van der Waals surface area contributed by atoms with E-state index < -0.39 is 0 Å². The second-order valence-electron chi connectivity index (χ2n) is 4.71. The van der Waals surface area contributed by atoms with Crippen LogP contribution in [0.15, 0.2) is 29.6 Å². The Hall–Kier alpha value is -1.72. The molecule has 1 amide bonds. The van der Waals surface area contributed by atoms with Gasteiger partial charge in [-0.15, -0.1) is 11.3 Å². The molecule has 20 heavy (non-hydrogen) atoms. The van der Waals surface area contributed by atoms with E-state index in [9.17, 15) is 4.79 Å². The Balaban J connectivity index is 2.10. The first-order chi connectivity index (χ1) is 9.63. The van der Waals surface area contributed by atoms with Gasteiger partial charge in [-0.3, -0.25) is 4.79 Å². The van der Waals surface area contributed by atoms with Gasteiger partial charge in [0, 0.05) is 23.4 Å². The minimum atomic E-state index is -0.203. The fourth-order valence-electron chi connectivity index (χ4n) is 1.71. The van der Waals surface area contributed by atoms with Crippen LogP contribution in [0.5, 0.6) is 0 Å². The van der Waals surface area contributed by atoms with E-state index in [-0.39, 0.29) is 11.8 Å². The quantitative estimate of drug-likeness (QED) is 0.889. The number of aryl methyl sites for hydroxylation is 1. The van der Waals surface area contributed by atoms with E-state index >= 15 is 0 Å². The summed E-state index contributed by atoms with van der Waals surface area (Å²) >= 11 is 1.43. The number of carbonyl (C=O) groups excluding carboxylic acids is 1. The summed E-state index contributed by atoms with van der Waals surface area (Å²) < 4.78 is 0. The molecular weight excluding hydrogens is 270 g/mol. The number of nitrogens with one attached hydrogen (secondary N) is 1. The lowest BCUT2D eigenvalue weighted by Gasteiger charge is -2.06. The summed E-state index contributed by atoms with van der Waals surface area (Å²) in [6.07, 6.45) is 1.02. The predicted octanol–water partition coefficient (Wildman–Crippen LogP) is 2.91. The maximum absolute atomic E-state index is 11.7. The molecule has 0 radical (unpaired) electrons. The summed E-state index contributed by atoms with van der Waals surface area (Å²) in [7, 11) is 0. The van der Waals surface area contributed by atoms with Crippen LogP contribution >= 0.6 is 11.3 Å². The van der Waals surface area contributed by atoms with Crippen molar-refractivity contribution in [3.05, 3.63) is 35.2 Å². The van der Waals surface area contributed by atoms with Crippen LogP contribution in [-0.4, -0.2) is 17.4 Å². The third-order valence-electron chi connectivity index (χ3n) is 3.19. The van der Waals surface area contributed by atoms with Gasteiger partial charge in [0.15, 0.2) is 5.13 Å². The fourth-order valence-corrected chi connectivity index (χ4v) is 2.43. The second-order valence-corrected chi connectivity index (χ2v) is 5.57. The number of benzene rings is 1. The molecule has 106 valence electrons. The molecule has 0 spiro atoms. The largest absolute Gasteiger partial charge is 0.330 e. The SMILES string of the molecule is CCc1ccc(-c2csc(NC(=O)C(C)CN)n2)cc1. The smallest absolute Gasteiger partial charge is 0.230 e. The summed E-state index contributed by atoms with van der Waals surface area (Å²) in [5.74, 6) is -0.291. The van der Waals surface area contributed by atoms with Gasteiger partial charge in [-0.25, -0.2) is 4.98 Å². The monoisotopic (exact) mass is 289 g/mol. The van der Waals surface area contributed by atoms with Crippen LogP contribution in [0.1, 0.15) is 19.4 Å². The zero-order chi connectivity index (χ0) is 14.5. The van der Waals surface area contributed by atoms with E-state index in [0.717, 1.165) is 17.7 Å². The molecule has 1 aromatic heterocycles. The third kappa shape index (κ3) is 3.43. The van der Waals surface area contributed by atoms with E-state index in [2.05, 4.69) is 41.5 Å². The number of thiazole rings is 1. The fraction of sp³-hybridized carbons (Fsp3) is 0.333. The maximum atomic E-state index is 11.7. The number of nitrogens with two attached hydrogens (primary N) is 1. The van der Waals surface area contributed by atoms with Crippen LogP contribution in [0.4, 0.5) is 5.13 Å². The minimum Gasteiger partial charge on any atom is -0.330 e. The van der Waals surface area contributed by atoms with Gasteiger partial charge >= 0.3 is 0 Å². The van der Waals surface area contributed by atoms with Gasteiger partial charge in [-0.05, 0) is 12.0 Å². The molecule has 0 saturated carbocycles. The zero-order valence-electron chi connectivity index (χ0n) is 11.7. The Bertz CT molecular complexity index is 577. The summed E-state index contributed by atoms with van der Waals surface area (Å²) in [5, 5.41) is 5.36. The number of rotatable bonds is 5. The van der Waals surface area contributed by atoms with Crippen LogP contribution in [0.2, 0.25) is 0 Å². The molecule has 1 atom stereocenters. The first-order valence-corrected chi connectivity index (χ1v) is 7.57. The normalized spacial score (nSPS) is 12.2. The van der Waals surface area contributed by atoms with Crippen molar-refractivity contribution in [3.8, 4) is 11.3 Å². The number of nitrogens with zero attached hydrogens (tertiary/aromatic N) is 1. The topological polar surface area (TPSA) is 68.0 Å². The number of carbonyl (C=O) groups is 1. The van der Waals surface area contributed by atoms with Gasteiger partial charge in [0.05, 0.1) is 5.69 Å². The van der Waals surface area contributed by atoms with Gasteiger partial charge in [0.25, 0.3) is 0 Å². The molecular formula is C15H19N3OS. The Kier molecular flexibility index (Phi) is 4.87. The van der Waals surface area contributed by atoms with Gasteiger partial charge in [0.1, 0.15) is 0 Å². The molecule has 0 aliphatic rings. The molecule has 0 fully saturated rings. The molecule has 2 aromatic rings. The third-order valence-corrected chi connectivity index (χ3v) is 3.95. The second kappa shape index (κ2) is 6.63. The molecule has 4 nitrogen and oxygen atoms in total.